The highest BCUT2D eigenvalue weighted by molar-refractivity contribution is 5.77. The van der Waals surface area contributed by atoms with E-state index in [0.717, 1.165) is 17.8 Å². The van der Waals surface area contributed by atoms with E-state index in [0.29, 0.717) is 6.42 Å². The largest absolute Gasteiger partial charge is 0.353 e. The van der Waals surface area contributed by atoms with Gasteiger partial charge in [-0.3, -0.25) is 14.8 Å². The summed E-state index contributed by atoms with van der Waals surface area (Å²) in [5.41, 5.74) is 2.93. The molecule has 1 atom stereocenters. The third kappa shape index (κ3) is 4.99. The Morgan fingerprint density at radius 1 is 0.885 bits per heavy atom. The smallest absolute Gasteiger partial charge is 0.221 e. The molecule has 2 heterocycles. The number of pyridine rings is 2. The molecule has 0 bridgehead atoms. The second-order valence-corrected chi connectivity index (χ2v) is 6.42. The first kappa shape index (κ1) is 17.8. The number of nitrogens with one attached hydrogen (secondary N) is 1. The molecule has 3 rings (SSSR count). The minimum Gasteiger partial charge on any atom is -0.353 e. The van der Waals surface area contributed by atoms with E-state index in [1.807, 2.05) is 61.5 Å². The quantitative estimate of drug-likeness (QED) is 0.709. The number of amides is 1. The molecule has 0 spiro atoms. The molecule has 0 aliphatic heterocycles. The number of hydrogen-bond acceptors (Lipinski definition) is 3. The Hall–Kier alpha value is -3.01. The van der Waals surface area contributed by atoms with E-state index in [2.05, 4.69) is 27.4 Å². The average Bonchev–Trinajstić information content (AvgIpc) is 2.68. The molecule has 4 nitrogen and oxygen atoms in total. The number of benzene rings is 1. The van der Waals surface area contributed by atoms with Crippen molar-refractivity contribution in [2.75, 3.05) is 0 Å². The molecule has 0 saturated carbocycles. The number of carbonyl (C=O) groups is 1. The van der Waals surface area contributed by atoms with Gasteiger partial charge in [-0.05, 0) is 43.2 Å². The van der Waals surface area contributed by atoms with Gasteiger partial charge in [0.2, 0.25) is 5.91 Å². The molecule has 0 radical (unpaired) electrons. The zero-order valence-corrected chi connectivity index (χ0v) is 14.9. The third-order valence-corrected chi connectivity index (χ3v) is 4.27. The van der Waals surface area contributed by atoms with Crippen LogP contribution in [0.25, 0.3) is 0 Å². The van der Waals surface area contributed by atoms with Crippen LogP contribution in [0.15, 0.2) is 79.1 Å². The van der Waals surface area contributed by atoms with Gasteiger partial charge in [0, 0.05) is 36.2 Å². The van der Waals surface area contributed by atoms with Crippen molar-refractivity contribution in [2.45, 2.75) is 31.7 Å². The first-order valence-electron chi connectivity index (χ1n) is 8.87. The number of rotatable bonds is 7. The lowest BCUT2D eigenvalue weighted by atomic mass is 9.95. The fourth-order valence-electron chi connectivity index (χ4n) is 3.06. The van der Waals surface area contributed by atoms with Crippen molar-refractivity contribution in [3.05, 3.63) is 96.1 Å². The monoisotopic (exact) mass is 345 g/mol. The standard InChI is InChI=1S/C22H23N3O/c1-17(15-18-9-3-2-4-10-18)25-22(26)16-19(20-11-5-7-13-23-20)21-12-6-8-14-24-21/h2-14,17,19H,15-16H2,1H3,(H,25,26). The molecule has 2 aromatic heterocycles. The summed E-state index contributed by atoms with van der Waals surface area (Å²) in [7, 11) is 0. The fourth-order valence-corrected chi connectivity index (χ4v) is 3.06. The Morgan fingerprint density at radius 2 is 1.46 bits per heavy atom. The molecule has 132 valence electrons. The van der Waals surface area contributed by atoms with Crippen molar-refractivity contribution < 1.29 is 4.79 Å². The number of hydrogen-bond donors (Lipinski definition) is 1. The van der Waals surface area contributed by atoms with Crippen molar-refractivity contribution >= 4 is 5.91 Å². The van der Waals surface area contributed by atoms with E-state index >= 15 is 0 Å². The Bertz CT molecular complexity index is 767. The molecular formula is C22H23N3O. The first-order valence-corrected chi connectivity index (χ1v) is 8.87. The summed E-state index contributed by atoms with van der Waals surface area (Å²) >= 11 is 0. The molecule has 1 aromatic carbocycles. The zero-order valence-electron chi connectivity index (χ0n) is 14.9. The van der Waals surface area contributed by atoms with Gasteiger partial charge in [-0.25, -0.2) is 0 Å². The van der Waals surface area contributed by atoms with Gasteiger partial charge in [-0.2, -0.15) is 0 Å². The van der Waals surface area contributed by atoms with Crippen molar-refractivity contribution in [3.63, 3.8) is 0 Å². The average molecular weight is 345 g/mol. The first-order chi connectivity index (χ1) is 12.7. The summed E-state index contributed by atoms with van der Waals surface area (Å²) in [5.74, 6) is -0.143. The van der Waals surface area contributed by atoms with Gasteiger partial charge < -0.3 is 5.32 Å². The number of carbonyl (C=O) groups excluding carboxylic acids is 1. The fraction of sp³-hybridized carbons (Fsp3) is 0.227. The molecule has 0 fully saturated rings. The number of nitrogens with zero attached hydrogens (tertiary/aromatic N) is 2. The van der Waals surface area contributed by atoms with Crippen LogP contribution < -0.4 is 5.32 Å². The van der Waals surface area contributed by atoms with Crippen molar-refractivity contribution in [2.24, 2.45) is 0 Å². The predicted octanol–water partition coefficient (Wildman–Crippen LogP) is 3.75. The summed E-state index contributed by atoms with van der Waals surface area (Å²) in [6.45, 7) is 2.03. The Morgan fingerprint density at radius 3 is 2.00 bits per heavy atom. The van der Waals surface area contributed by atoms with E-state index in [-0.39, 0.29) is 17.9 Å². The molecule has 1 unspecified atom stereocenters. The molecule has 0 aliphatic carbocycles. The zero-order chi connectivity index (χ0) is 18.2. The van der Waals surface area contributed by atoms with Gasteiger partial charge in [-0.15, -0.1) is 0 Å². The lowest BCUT2D eigenvalue weighted by molar-refractivity contribution is -0.121. The Kier molecular flexibility index (Phi) is 6.09. The third-order valence-electron chi connectivity index (χ3n) is 4.27. The maximum absolute atomic E-state index is 12.6. The van der Waals surface area contributed by atoms with Gasteiger partial charge in [0.1, 0.15) is 0 Å². The predicted molar refractivity (Wildman–Crippen MR) is 103 cm³/mol. The van der Waals surface area contributed by atoms with Crippen molar-refractivity contribution in [3.8, 4) is 0 Å². The van der Waals surface area contributed by atoms with Gasteiger partial charge in [0.15, 0.2) is 0 Å². The number of aromatic nitrogens is 2. The van der Waals surface area contributed by atoms with E-state index in [4.69, 9.17) is 0 Å². The van der Waals surface area contributed by atoms with Gasteiger partial charge in [0.05, 0.1) is 5.92 Å². The van der Waals surface area contributed by atoms with Crippen LogP contribution in [0.1, 0.15) is 36.2 Å². The van der Waals surface area contributed by atoms with Gasteiger partial charge in [-0.1, -0.05) is 42.5 Å². The highest BCUT2D eigenvalue weighted by Crippen LogP contribution is 2.24. The molecule has 26 heavy (non-hydrogen) atoms. The molecule has 0 saturated heterocycles. The van der Waals surface area contributed by atoms with Gasteiger partial charge >= 0.3 is 0 Å². The van der Waals surface area contributed by atoms with Crippen LogP contribution in [-0.4, -0.2) is 21.9 Å². The van der Waals surface area contributed by atoms with E-state index in [1.165, 1.54) is 5.56 Å². The topological polar surface area (TPSA) is 54.9 Å². The highest BCUT2D eigenvalue weighted by Gasteiger charge is 2.21. The van der Waals surface area contributed by atoms with E-state index in [1.54, 1.807) is 12.4 Å². The summed E-state index contributed by atoms with van der Waals surface area (Å²) in [6.07, 6.45) is 4.64. The molecule has 4 heteroatoms. The summed E-state index contributed by atoms with van der Waals surface area (Å²) in [6, 6.07) is 21.8. The normalized spacial score (nSPS) is 11.9. The molecule has 1 N–H and O–H groups in total. The van der Waals surface area contributed by atoms with Crippen LogP contribution in [0, 0.1) is 0 Å². The van der Waals surface area contributed by atoms with Crippen LogP contribution in [-0.2, 0) is 11.2 Å². The maximum atomic E-state index is 12.6. The lowest BCUT2D eigenvalue weighted by Crippen LogP contribution is -2.35. The molecule has 0 aliphatic rings. The van der Waals surface area contributed by atoms with Crippen LogP contribution in [0.5, 0.6) is 0 Å². The SMILES string of the molecule is CC(Cc1ccccc1)NC(=O)CC(c1ccccn1)c1ccccn1. The van der Waals surface area contributed by atoms with Crippen LogP contribution in [0.2, 0.25) is 0 Å². The van der Waals surface area contributed by atoms with Gasteiger partial charge in [0.25, 0.3) is 0 Å². The second kappa shape index (κ2) is 8.90. The van der Waals surface area contributed by atoms with Crippen LogP contribution in [0.4, 0.5) is 0 Å². The highest BCUT2D eigenvalue weighted by atomic mass is 16.1. The molecule has 1 amide bonds. The van der Waals surface area contributed by atoms with Crippen molar-refractivity contribution in [1.82, 2.24) is 15.3 Å². The van der Waals surface area contributed by atoms with Crippen LogP contribution >= 0.6 is 0 Å². The minimum absolute atomic E-state index is 0.00902. The maximum Gasteiger partial charge on any atom is 0.221 e. The van der Waals surface area contributed by atoms with Crippen LogP contribution in [0.3, 0.4) is 0 Å². The second-order valence-electron chi connectivity index (χ2n) is 6.42. The summed E-state index contributed by atoms with van der Waals surface area (Å²) in [4.78, 5) is 21.5. The Labute approximate surface area is 154 Å². The molecule has 3 aromatic rings. The summed E-state index contributed by atoms with van der Waals surface area (Å²) in [5, 5.41) is 3.10. The minimum atomic E-state index is -0.152. The Balaban J connectivity index is 1.68. The lowest BCUT2D eigenvalue weighted by Gasteiger charge is -2.18. The van der Waals surface area contributed by atoms with E-state index < -0.39 is 0 Å². The van der Waals surface area contributed by atoms with Crippen molar-refractivity contribution in [1.29, 1.82) is 0 Å². The molecular weight excluding hydrogens is 322 g/mol. The summed E-state index contributed by atoms with van der Waals surface area (Å²) < 4.78 is 0. The van der Waals surface area contributed by atoms with E-state index in [9.17, 15) is 4.79 Å².